The summed E-state index contributed by atoms with van der Waals surface area (Å²) >= 11 is 0. The van der Waals surface area contributed by atoms with Crippen molar-refractivity contribution >= 4 is 6.29 Å². The predicted molar refractivity (Wildman–Crippen MR) is 32.6 cm³/mol. The zero-order chi connectivity index (χ0) is 6.25. The van der Waals surface area contributed by atoms with Gasteiger partial charge in [-0.25, -0.2) is 0 Å². The van der Waals surface area contributed by atoms with E-state index in [9.17, 15) is 4.79 Å². The number of hydrogen-bond acceptors (Lipinski definition) is 1. The highest BCUT2D eigenvalue weighted by molar-refractivity contribution is 5.76. The zero-order valence-corrected chi connectivity index (χ0v) is 5.45. The fraction of sp³-hybridized carbons (Fsp3) is 0.889. The van der Waals surface area contributed by atoms with E-state index in [1.807, 2.05) is 0 Å². The van der Waals surface area contributed by atoms with Gasteiger partial charge in [-0.1, -0.05) is 0 Å². The third-order valence-corrected chi connectivity index (χ3v) is 5.65. The summed E-state index contributed by atoms with van der Waals surface area (Å²) in [5.41, 5.74) is 0.203. The Morgan fingerprint density at radius 2 is 1.40 bits per heavy atom. The SMILES string of the molecule is O=[C]C12C3C4C5C3C1C5C42. The first kappa shape index (κ1) is 3.89. The first-order valence-electron chi connectivity index (χ1n) is 4.32. The van der Waals surface area contributed by atoms with Gasteiger partial charge in [-0.05, 0) is 41.4 Å². The van der Waals surface area contributed by atoms with Crippen LogP contribution in [0.25, 0.3) is 0 Å². The minimum absolute atomic E-state index is 0.203. The lowest BCUT2D eigenvalue weighted by molar-refractivity contribution is -0.590. The van der Waals surface area contributed by atoms with Crippen molar-refractivity contribution in [2.24, 2.45) is 46.8 Å². The molecule has 0 unspecified atom stereocenters. The molecule has 0 aromatic rings. The summed E-state index contributed by atoms with van der Waals surface area (Å²) in [6.07, 6.45) is 2.34. The standard InChI is InChI=1S/C9H7O/c10-1-9-6-3-2-4(6)8(9)5(2)7(3)9/h2-8H. The van der Waals surface area contributed by atoms with Gasteiger partial charge in [0.2, 0.25) is 6.29 Å². The molecule has 1 nitrogen and oxygen atoms in total. The van der Waals surface area contributed by atoms with Crippen LogP contribution in [0.5, 0.6) is 0 Å². The van der Waals surface area contributed by atoms with Crippen LogP contribution in [0, 0.1) is 46.8 Å². The third-order valence-electron chi connectivity index (χ3n) is 5.65. The fourth-order valence-electron chi connectivity index (χ4n) is 5.64. The van der Waals surface area contributed by atoms with Gasteiger partial charge < -0.3 is 0 Å². The molecule has 6 saturated carbocycles. The molecule has 0 aromatic heterocycles. The van der Waals surface area contributed by atoms with E-state index in [-0.39, 0.29) is 5.41 Å². The molecule has 1 radical (unpaired) electrons. The molecule has 0 saturated heterocycles. The Hall–Kier alpha value is -0.330. The Labute approximate surface area is 58.8 Å². The maximum absolute atomic E-state index is 10.7. The van der Waals surface area contributed by atoms with E-state index < -0.39 is 0 Å². The largest absolute Gasteiger partial charge is 0.290 e. The Morgan fingerprint density at radius 3 is 1.70 bits per heavy atom. The molecule has 0 atom stereocenters. The van der Waals surface area contributed by atoms with Crippen LogP contribution in [0.15, 0.2) is 0 Å². The molecule has 6 aliphatic rings. The lowest BCUT2D eigenvalue weighted by Crippen LogP contribution is -3.05. The van der Waals surface area contributed by atoms with Gasteiger partial charge in [0.05, 0.1) is 0 Å². The molecule has 0 heterocycles. The normalized spacial score (nSPS) is 95.8. The summed E-state index contributed by atoms with van der Waals surface area (Å²) in [6.45, 7) is 0. The molecule has 0 aliphatic heterocycles. The number of rotatable bonds is 1. The van der Waals surface area contributed by atoms with Crippen LogP contribution in [0.1, 0.15) is 0 Å². The Bertz CT molecular complexity index is 242. The van der Waals surface area contributed by atoms with Crippen molar-refractivity contribution in [1.82, 2.24) is 0 Å². The maximum atomic E-state index is 10.7. The van der Waals surface area contributed by atoms with Gasteiger partial charge in [-0.2, -0.15) is 0 Å². The molecule has 49 valence electrons. The average Bonchev–Trinajstić information content (AvgIpc) is 2.05. The van der Waals surface area contributed by atoms with Gasteiger partial charge in [-0.3, -0.25) is 4.79 Å². The van der Waals surface area contributed by atoms with Crippen molar-refractivity contribution in [1.29, 1.82) is 0 Å². The van der Waals surface area contributed by atoms with Crippen LogP contribution in [0.3, 0.4) is 0 Å². The smallest absolute Gasteiger partial charge is 0.206 e. The van der Waals surface area contributed by atoms with Crippen molar-refractivity contribution in [3.63, 3.8) is 0 Å². The molecule has 0 amide bonds. The first-order valence-corrected chi connectivity index (χ1v) is 4.32. The average molecular weight is 131 g/mol. The van der Waals surface area contributed by atoms with Gasteiger partial charge in [0.15, 0.2) is 0 Å². The maximum Gasteiger partial charge on any atom is 0.206 e. The van der Waals surface area contributed by atoms with E-state index >= 15 is 0 Å². The van der Waals surface area contributed by atoms with E-state index in [4.69, 9.17) is 0 Å². The molecule has 0 N–H and O–H groups in total. The van der Waals surface area contributed by atoms with Gasteiger partial charge in [0.25, 0.3) is 0 Å². The summed E-state index contributed by atoms with van der Waals surface area (Å²) in [5.74, 6) is 6.87. The lowest BCUT2D eigenvalue weighted by Gasteiger charge is -3.06. The molecule has 10 heavy (non-hydrogen) atoms. The predicted octanol–water partition coefficient (Wildman–Crippen LogP) is 0.464. The van der Waals surface area contributed by atoms with Gasteiger partial charge in [0, 0.05) is 5.41 Å². The molecule has 6 fully saturated rings. The van der Waals surface area contributed by atoms with Crippen molar-refractivity contribution in [2.45, 2.75) is 0 Å². The van der Waals surface area contributed by atoms with Crippen molar-refractivity contribution in [2.75, 3.05) is 0 Å². The van der Waals surface area contributed by atoms with Gasteiger partial charge >= 0.3 is 0 Å². The second kappa shape index (κ2) is 0.666. The number of carbonyl (C=O) groups excluding carboxylic acids is 1. The Balaban J connectivity index is 1.85. The van der Waals surface area contributed by atoms with E-state index in [0.717, 1.165) is 41.4 Å². The second-order valence-electron chi connectivity index (χ2n) is 4.92. The Morgan fingerprint density at radius 1 is 0.900 bits per heavy atom. The molecule has 6 aliphatic carbocycles. The summed E-state index contributed by atoms with van der Waals surface area (Å²) in [4.78, 5) is 10.7. The van der Waals surface area contributed by atoms with Crippen LogP contribution in [-0.4, -0.2) is 6.29 Å². The lowest BCUT2D eigenvalue weighted by atomic mass is 8.97. The fourth-order valence-corrected chi connectivity index (χ4v) is 5.64. The second-order valence-corrected chi connectivity index (χ2v) is 4.92. The van der Waals surface area contributed by atoms with Crippen LogP contribution in [-0.2, 0) is 4.79 Å². The highest BCUT2D eigenvalue weighted by Crippen LogP contribution is 3.05. The van der Waals surface area contributed by atoms with Gasteiger partial charge in [-0.15, -0.1) is 0 Å². The summed E-state index contributed by atoms with van der Waals surface area (Å²) < 4.78 is 0. The summed E-state index contributed by atoms with van der Waals surface area (Å²) in [5, 5.41) is 0. The van der Waals surface area contributed by atoms with Gasteiger partial charge in [0.1, 0.15) is 0 Å². The van der Waals surface area contributed by atoms with Crippen molar-refractivity contribution in [3.05, 3.63) is 0 Å². The molecule has 0 bridgehead atoms. The quantitative estimate of drug-likeness (QED) is 0.505. The summed E-state index contributed by atoms with van der Waals surface area (Å²) in [7, 11) is 0. The molecule has 6 rings (SSSR count). The van der Waals surface area contributed by atoms with Crippen LogP contribution < -0.4 is 0 Å². The Kier molecular flexibility index (Phi) is 0.259. The minimum atomic E-state index is 0.203. The third kappa shape index (κ3) is 0.106. The van der Waals surface area contributed by atoms with Crippen LogP contribution in [0.4, 0.5) is 0 Å². The van der Waals surface area contributed by atoms with E-state index in [2.05, 4.69) is 6.29 Å². The zero-order valence-electron chi connectivity index (χ0n) is 5.45. The molecule has 0 spiro atoms. The topological polar surface area (TPSA) is 17.1 Å². The molecular weight excluding hydrogens is 124 g/mol. The van der Waals surface area contributed by atoms with Crippen LogP contribution in [0.2, 0.25) is 0 Å². The minimum Gasteiger partial charge on any atom is -0.290 e. The van der Waals surface area contributed by atoms with E-state index in [1.165, 1.54) is 0 Å². The molecular formula is C9H7O. The highest BCUT2D eigenvalue weighted by atomic mass is 16.1. The van der Waals surface area contributed by atoms with E-state index in [1.54, 1.807) is 0 Å². The molecule has 1 heteroatoms. The van der Waals surface area contributed by atoms with Crippen molar-refractivity contribution < 1.29 is 4.79 Å². The summed E-state index contributed by atoms with van der Waals surface area (Å²) in [6, 6.07) is 0. The monoisotopic (exact) mass is 131 g/mol. The highest BCUT2D eigenvalue weighted by Gasteiger charge is 3.04. The van der Waals surface area contributed by atoms with E-state index in [0.29, 0.717) is 0 Å². The molecule has 0 aromatic carbocycles. The van der Waals surface area contributed by atoms with Crippen molar-refractivity contribution in [3.8, 4) is 0 Å². The number of hydrogen-bond donors (Lipinski definition) is 0. The first-order chi connectivity index (χ1) is 4.93. The van der Waals surface area contributed by atoms with Crippen LogP contribution >= 0.6 is 0 Å².